The molecule has 2 heterocycles. The minimum Gasteiger partial charge on any atom is -0.351 e. The van der Waals surface area contributed by atoms with Crippen LogP contribution in [0.4, 0.5) is 11.5 Å². The fourth-order valence-corrected chi connectivity index (χ4v) is 2.20. The number of nitro groups is 1. The van der Waals surface area contributed by atoms with Crippen molar-refractivity contribution in [3.8, 4) is 0 Å². The van der Waals surface area contributed by atoms with Gasteiger partial charge in [0.15, 0.2) is 0 Å². The number of hydrogen-bond donors (Lipinski definition) is 0. The lowest BCUT2D eigenvalue weighted by Gasteiger charge is -2.30. The van der Waals surface area contributed by atoms with Gasteiger partial charge in [0.2, 0.25) is 5.82 Å². The second-order valence-corrected chi connectivity index (χ2v) is 4.65. The largest absolute Gasteiger partial charge is 0.351 e. The molecule has 1 saturated heterocycles. The first-order chi connectivity index (χ1) is 8.61. The standard InChI is InChI=1S/C11H12ClN3O3/c12-9-5-10(15(17)18)11(13-6-9)14-3-1-8(7-16)2-4-14/h5-8H,1-4H2. The molecule has 18 heavy (non-hydrogen) atoms. The number of carbonyl (C=O) groups is 1. The Morgan fingerprint density at radius 3 is 2.72 bits per heavy atom. The SMILES string of the molecule is O=CC1CCN(c2ncc(Cl)cc2[N+](=O)[O-])CC1. The predicted octanol–water partition coefficient (Wildman–Crippen LogP) is 2.06. The molecule has 1 fully saturated rings. The maximum atomic E-state index is 11.0. The first-order valence-corrected chi connectivity index (χ1v) is 6.00. The van der Waals surface area contributed by atoms with Gasteiger partial charge in [-0.1, -0.05) is 11.6 Å². The molecule has 0 atom stereocenters. The molecule has 96 valence electrons. The van der Waals surface area contributed by atoms with Crippen LogP contribution in [0.1, 0.15) is 12.8 Å². The second-order valence-electron chi connectivity index (χ2n) is 4.21. The van der Waals surface area contributed by atoms with Gasteiger partial charge >= 0.3 is 5.69 Å². The van der Waals surface area contributed by atoms with Crippen LogP contribution in [0, 0.1) is 16.0 Å². The van der Waals surface area contributed by atoms with Gasteiger partial charge in [0.1, 0.15) is 6.29 Å². The number of anilines is 1. The van der Waals surface area contributed by atoms with Gasteiger partial charge in [-0.15, -0.1) is 0 Å². The number of piperidine rings is 1. The van der Waals surface area contributed by atoms with Crippen molar-refractivity contribution in [2.75, 3.05) is 18.0 Å². The van der Waals surface area contributed by atoms with E-state index in [4.69, 9.17) is 11.6 Å². The van der Waals surface area contributed by atoms with Gasteiger partial charge in [0.25, 0.3) is 0 Å². The molecule has 1 aromatic rings. The molecule has 0 bridgehead atoms. The third-order valence-corrected chi connectivity index (χ3v) is 3.25. The van der Waals surface area contributed by atoms with Crippen molar-refractivity contribution in [1.82, 2.24) is 4.98 Å². The van der Waals surface area contributed by atoms with E-state index in [-0.39, 0.29) is 16.6 Å². The van der Waals surface area contributed by atoms with Crippen molar-refractivity contribution >= 4 is 29.4 Å². The Labute approximate surface area is 109 Å². The van der Waals surface area contributed by atoms with Crippen molar-refractivity contribution in [3.05, 3.63) is 27.4 Å². The number of hydrogen-bond acceptors (Lipinski definition) is 5. The van der Waals surface area contributed by atoms with Crippen molar-refractivity contribution in [2.24, 2.45) is 5.92 Å². The lowest BCUT2D eigenvalue weighted by atomic mass is 9.98. The third kappa shape index (κ3) is 2.59. The van der Waals surface area contributed by atoms with E-state index in [1.807, 2.05) is 4.90 Å². The summed E-state index contributed by atoms with van der Waals surface area (Å²) >= 11 is 5.71. The van der Waals surface area contributed by atoms with Crippen LogP contribution in [-0.4, -0.2) is 29.3 Å². The Morgan fingerprint density at radius 1 is 1.50 bits per heavy atom. The highest BCUT2D eigenvalue weighted by atomic mass is 35.5. The Hall–Kier alpha value is -1.69. The summed E-state index contributed by atoms with van der Waals surface area (Å²) in [6.07, 6.45) is 3.74. The number of halogens is 1. The number of nitrogens with zero attached hydrogens (tertiary/aromatic N) is 3. The zero-order valence-electron chi connectivity index (χ0n) is 9.58. The van der Waals surface area contributed by atoms with Crippen molar-refractivity contribution in [3.63, 3.8) is 0 Å². The lowest BCUT2D eigenvalue weighted by Crippen LogP contribution is -2.35. The van der Waals surface area contributed by atoms with Crippen LogP contribution in [0.3, 0.4) is 0 Å². The molecular formula is C11H12ClN3O3. The first-order valence-electron chi connectivity index (χ1n) is 5.62. The smallest absolute Gasteiger partial charge is 0.313 e. The molecule has 7 heteroatoms. The number of carbonyl (C=O) groups excluding carboxylic acids is 1. The number of rotatable bonds is 3. The molecule has 0 saturated carbocycles. The molecule has 0 N–H and O–H groups in total. The van der Waals surface area contributed by atoms with Gasteiger partial charge < -0.3 is 9.69 Å². The van der Waals surface area contributed by atoms with E-state index in [1.54, 1.807) is 0 Å². The Morgan fingerprint density at radius 2 is 2.17 bits per heavy atom. The summed E-state index contributed by atoms with van der Waals surface area (Å²) in [4.78, 5) is 27.0. The van der Waals surface area contributed by atoms with Gasteiger partial charge in [-0.2, -0.15) is 0 Å². The van der Waals surface area contributed by atoms with Gasteiger partial charge in [0.05, 0.1) is 9.95 Å². The first kappa shape index (κ1) is 12.8. The van der Waals surface area contributed by atoms with Crippen LogP contribution in [0.2, 0.25) is 5.02 Å². The molecule has 1 aliphatic rings. The average Bonchev–Trinajstić information content (AvgIpc) is 2.39. The summed E-state index contributed by atoms with van der Waals surface area (Å²) in [5.41, 5.74) is -0.0907. The van der Waals surface area contributed by atoms with E-state index < -0.39 is 4.92 Å². The van der Waals surface area contributed by atoms with Gasteiger partial charge in [0, 0.05) is 31.3 Å². The number of aldehydes is 1. The molecule has 1 aromatic heterocycles. The summed E-state index contributed by atoms with van der Waals surface area (Å²) in [6.45, 7) is 1.19. The van der Waals surface area contributed by atoms with Crippen molar-refractivity contribution in [2.45, 2.75) is 12.8 Å². The number of aromatic nitrogens is 1. The lowest BCUT2D eigenvalue weighted by molar-refractivity contribution is -0.384. The van der Waals surface area contributed by atoms with Gasteiger partial charge in [-0.25, -0.2) is 4.98 Å². The Kier molecular flexibility index (Phi) is 3.76. The highest BCUT2D eigenvalue weighted by Gasteiger charge is 2.26. The number of pyridine rings is 1. The molecule has 0 unspecified atom stereocenters. The van der Waals surface area contributed by atoms with Crippen LogP contribution in [-0.2, 0) is 4.79 Å². The maximum absolute atomic E-state index is 11.0. The highest BCUT2D eigenvalue weighted by molar-refractivity contribution is 6.30. The predicted molar refractivity (Wildman–Crippen MR) is 66.9 cm³/mol. The van der Waals surface area contributed by atoms with Crippen LogP contribution in [0.15, 0.2) is 12.3 Å². The van der Waals surface area contributed by atoms with E-state index in [2.05, 4.69) is 4.98 Å². The quantitative estimate of drug-likeness (QED) is 0.477. The fraction of sp³-hybridized carbons (Fsp3) is 0.455. The minimum atomic E-state index is -0.486. The van der Waals surface area contributed by atoms with Crippen molar-refractivity contribution < 1.29 is 9.72 Å². The Bertz CT molecular complexity index is 473. The molecule has 1 aliphatic heterocycles. The normalized spacial score (nSPS) is 16.6. The molecule has 6 nitrogen and oxygen atoms in total. The van der Waals surface area contributed by atoms with E-state index in [0.717, 1.165) is 6.29 Å². The van der Waals surface area contributed by atoms with Crippen LogP contribution in [0.25, 0.3) is 0 Å². The monoisotopic (exact) mass is 269 g/mol. The zero-order chi connectivity index (χ0) is 13.1. The summed E-state index contributed by atoms with van der Waals surface area (Å²) in [6, 6.07) is 1.30. The highest BCUT2D eigenvalue weighted by Crippen LogP contribution is 2.30. The van der Waals surface area contributed by atoms with E-state index in [9.17, 15) is 14.9 Å². The minimum absolute atomic E-state index is 0.0487. The average molecular weight is 270 g/mol. The summed E-state index contributed by atoms with van der Waals surface area (Å²) < 4.78 is 0. The molecule has 2 rings (SSSR count). The summed E-state index contributed by atoms with van der Waals surface area (Å²) in [5.74, 6) is 0.376. The Balaban J connectivity index is 2.23. The maximum Gasteiger partial charge on any atom is 0.313 e. The second kappa shape index (κ2) is 5.30. The van der Waals surface area contributed by atoms with Gasteiger partial charge in [-0.3, -0.25) is 10.1 Å². The molecule has 0 aliphatic carbocycles. The fourth-order valence-electron chi connectivity index (χ4n) is 2.05. The zero-order valence-corrected chi connectivity index (χ0v) is 10.3. The molecule has 0 spiro atoms. The molecule has 0 aromatic carbocycles. The molecule has 0 amide bonds. The van der Waals surface area contributed by atoms with Gasteiger partial charge in [-0.05, 0) is 12.8 Å². The van der Waals surface area contributed by atoms with E-state index in [1.165, 1.54) is 12.3 Å². The summed E-state index contributed by atoms with van der Waals surface area (Å²) in [7, 11) is 0. The third-order valence-electron chi connectivity index (χ3n) is 3.04. The molecule has 0 radical (unpaired) electrons. The van der Waals surface area contributed by atoms with Crippen molar-refractivity contribution in [1.29, 1.82) is 0 Å². The van der Waals surface area contributed by atoms with Crippen LogP contribution < -0.4 is 4.90 Å². The topological polar surface area (TPSA) is 76.3 Å². The summed E-state index contributed by atoms with van der Waals surface area (Å²) in [5, 5.41) is 11.2. The van der Waals surface area contributed by atoms with Crippen LogP contribution >= 0.6 is 11.6 Å². The van der Waals surface area contributed by atoms with Crippen LogP contribution in [0.5, 0.6) is 0 Å². The molecular weight excluding hydrogens is 258 g/mol. The van der Waals surface area contributed by atoms with E-state index in [0.29, 0.717) is 31.7 Å². The van der Waals surface area contributed by atoms with E-state index >= 15 is 0 Å².